The molecule has 3 aromatic heterocycles. The molecule has 0 amide bonds. The summed E-state index contributed by atoms with van der Waals surface area (Å²) in [5, 5.41) is 0. The van der Waals surface area contributed by atoms with Gasteiger partial charge in [-0.2, -0.15) is 0 Å². The smallest absolute Gasteiger partial charge is 0.348 e. The molecule has 0 spiro atoms. The van der Waals surface area contributed by atoms with Crippen LogP contribution in [0.3, 0.4) is 0 Å². The molecule has 5 nitrogen and oxygen atoms in total. The summed E-state index contributed by atoms with van der Waals surface area (Å²) in [5.41, 5.74) is 1.56. The minimum atomic E-state index is -0.451. The number of hydrogen-bond donors (Lipinski definition) is 0. The van der Waals surface area contributed by atoms with Crippen LogP contribution in [0.1, 0.15) is 21.1 Å². The molecular formula is C15H10Br2N2O3S. The average molecular weight is 458 g/mol. The van der Waals surface area contributed by atoms with Crippen LogP contribution in [-0.4, -0.2) is 15.4 Å². The van der Waals surface area contributed by atoms with Crippen molar-refractivity contribution in [2.24, 2.45) is 0 Å². The zero-order chi connectivity index (χ0) is 16.6. The normalized spacial score (nSPS) is 10.9. The van der Waals surface area contributed by atoms with Crippen molar-refractivity contribution < 1.29 is 9.53 Å². The van der Waals surface area contributed by atoms with Crippen LogP contribution in [0.25, 0.3) is 5.65 Å². The molecule has 3 rings (SSSR count). The predicted molar refractivity (Wildman–Crippen MR) is 95.0 cm³/mol. The van der Waals surface area contributed by atoms with E-state index in [9.17, 15) is 9.59 Å². The number of esters is 1. The highest BCUT2D eigenvalue weighted by molar-refractivity contribution is 9.13. The first-order chi connectivity index (χ1) is 11.0. The van der Waals surface area contributed by atoms with E-state index in [0.29, 0.717) is 16.2 Å². The molecular weight excluding hydrogens is 448 g/mol. The fraction of sp³-hybridized carbons (Fsp3) is 0.133. The van der Waals surface area contributed by atoms with Gasteiger partial charge in [0.05, 0.1) is 9.48 Å². The van der Waals surface area contributed by atoms with Crippen LogP contribution in [0.5, 0.6) is 0 Å². The zero-order valence-corrected chi connectivity index (χ0v) is 15.9. The van der Waals surface area contributed by atoms with Crippen molar-refractivity contribution in [2.75, 3.05) is 0 Å². The number of rotatable bonds is 3. The molecule has 0 saturated heterocycles. The molecule has 0 fully saturated rings. The molecule has 0 aliphatic rings. The third-order valence-electron chi connectivity index (χ3n) is 3.13. The van der Waals surface area contributed by atoms with Gasteiger partial charge in [-0.15, -0.1) is 11.3 Å². The lowest BCUT2D eigenvalue weighted by Crippen LogP contribution is -2.18. The van der Waals surface area contributed by atoms with Gasteiger partial charge in [0.2, 0.25) is 0 Å². The molecule has 0 aromatic carbocycles. The largest absolute Gasteiger partial charge is 0.455 e. The number of nitrogens with zero attached hydrogens (tertiary/aromatic N) is 2. The Labute approximate surface area is 152 Å². The molecule has 3 heterocycles. The Morgan fingerprint density at radius 2 is 2.13 bits per heavy atom. The summed E-state index contributed by atoms with van der Waals surface area (Å²) in [6.45, 7) is 1.79. The molecule has 0 unspecified atom stereocenters. The van der Waals surface area contributed by atoms with Gasteiger partial charge in [-0.1, -0.05) is 6.07 Å². The molecule has 0 N–H and O–H groups in total. The number of carbonyl (C=O) groups excluding carboxylic acids is 1. The summed E-state index contributed by atoms with van der Waals surface area (Å²) < 4.78 is 8.37. The van der Waals surface area contributed by atoms with Gasteiger partial charge in [-0.25, -0.2) is 9.78 Å². The fourth-order valence-corrected chi connectivity index (χ4v) is 4.02. The van der Waals surface area contributed by atoms with Crippen LogP contribution in [0.2, 0.25) is 0 Å². The standard InChI is InChI=1S/C15H10Br2N2O3S/c1-8-3-2-4-12-18-9(5-13(20)19(8)12)7-22-15(21)11-6-10(16)14(17)23-11/h2-6H,7H2,1H3. The van der Waals surface area contributed by atoms with Crippen molar-refractivity contribution in [1.82, 2.24) is 9.38 Å². The second-order valence-corrected chi connectivity index (χ2v) is 7.98. The number of thiophene rings is 1. The molecule has 0 aliphatic heterocycles. The van der Waals surface area contributed by atoms with Gasteiger partial charge in [-0.05, 0) is 57.0 Å². The summed E-state index contributed by atoms with van der Waals surface area (Å²) in [5.74, 6) is -0.451. The van der Waals surface area contributed by atoms with Crippen LogP contribution < -0.4 is 5.56 Å². The SMILES string of the molecule is Cc1cccc2nc(COC(=O)c3cc(Br)c(Br)s3)cc(=O)n12. The lowest BCUT2D eigenvalue weighted by atomic mass is 10.3. The number of halogens is 2. The second kappa shape index (κ2) is 6.54. The van der Waals surface area contributed by atoms with E-state index in [4.69, 9.17) is 4.74 Å². The first-order valence-electron chi connectivity index (χ1n) is 6.56. The zero-order valence-electron chi connectivity index (χ0n) is 11.9. The highest BCUT2D eigenvalue weighted by Gasteiger charge is 2.14. The number of hydrogen-bond acceptors (Lipinski definition) is 5. The third kappa shape index (κ3) is 3.39. The first-order valence-corrected chi connectivity index (χ1v) is 8.96. The Bertz CT molecular complexity index is 946. The van der Waals surface area contributed by atoms with Crippen LogP contribution in [-0.2, 0) is 11.3 Å². The Morgan fingerprint density at radius 3 is 2.83 bits per heavy atom. The van der Waals surface area contributed by atoms with Crippen molar-refractivity contribution in [2.45, 2.75) is 13.5 Å². The Kier molecular flexibility index (Phi) is 4.65. The van der Waals surface area contributed by atoms with Gasteiger partial charge in [-0.3, -0.25) is 9.20 Å². The minimum Gasteiger partial charge on any atom is -0.455 e. The number of pyridine rings is 1. The molecule has 0 aliphatic carbocycles. The van der Waals surface area contributed by atoms with E-state index in [-0.39, 0.29) is 12.2 Å². The lowest BCUT2D eigenvalue weighted by molar-refractivity contribution is 0.0473. The number of ether oxygens (including phenoxy) is 1. The fourth-order valence-electron chi connectivity index (χ4n) is 2.10. The summed E-state index contributed by atoms with van der Waals surface area (Å²) in [6, 6.07) is 8.47. The van der Waals surface area contributed by atoms with Crippen LogP contribution in [0.15, 0.2) is 43.4 Å². The summed E-state index contributed by atoms with van der Waals surface area (Å²) in [6.07, 6.45) is 0. The maximum Gasteiger partial charge on any atom is 0.348 e. The maximum atomic E-state index is 12.2. The van der Waals surface area contributed by atoms with Crippen molar-refractivity contribution >= 4 is 54.8 Å². The summed E-state index contributed by atoms with van der Waals surface area (Å²) >= 11 is 7.93. The van der Waals surface area contributed by atoms with Crippen LogP contribution in [0, 0.1) is 6.92 Å². The molecule has 0 saturated carbocycles. The lowest BCUT2D eigenvalue weighted by Gasteiger charge is -2.07. The Morgan fingerprint density at radius 1 is 1.35 bits per heavy atom. The van der Waals surface area contributed by atoms with Gasteiger partial charge < -0.3 is 4.74 Å². The van der Waals surface area contributed by atoms with Crippen LogP contribution >= 0.6 is 43.2 Å². The van der Waals surface area contributed by atoms with E-state index in [1.165, 1.54) is 21.8 Å². The Hall–Kier alpha value is -1.51. The monoisotopic (exact) mass is 456 g/mol. The van der Waals surface area contributed by atoms with Gasteiger partial charge >= 0.3 is 5.97 Å². The molecule has 0 radical (unpaired) electrons. The van der Waals surface area contributed by atoms with Gasteiger partial charge in [0.15, 0.2) is 0 Å². The number of carbonyl (C=O) groups is 1. The summed E-state index contributed by atoms with van der Waals surface area (Å²) in [4.78, 5) is 29.0. The van der Waals surface area contributed by atoms with Crippen LogP contribution in [0.4, 0.5) is 0 Å². The number of fused-ring (bicyclic) bond motifs is 1. The molecule has 118 valence electrons. The van der Waals surface area contributed by atoms with Crippen molar-refractivity contribution in [3.05, 3.63) is 65.2 Å². The molecule has 8 heteroatoms. The third-order valence-corrected chi connectivity index (χ3v) is 6.37. The molecule has 3 aromatic rings. The molecule has 0 bridgehead atoms. The number of aromatic nitrogens is 2. The molecule has 23 heavy (non-hydrogen) atoms. The molecule has 0 atom stereocenters. The van der Waals surface area contributed by atoms with E-state index in [2.05, 4.69) is 36.8 Å². The topological polar surface area (TPSA) is 60.7 Å². The Balaban J connectivity index is 1.82. The van der Waals surface area contributed by atoms with E-state index in [1.54, 1.807) is 12.1 Å². The minimum absolute atomic E-state index is 0.0499. The highest BCUT2D eigenvalue weighted by Crippen LogP contribution is 2.32. The van der Waals surface area contributed by atoms with E-state index >= 15 is 0 Å². The van der Waals surface area contributed by atoms with Gasteiger partial charge in [0.25, 0.3) is 5.56 Å². The van der Waals surface area contributed by atoms with Crippen molar-refractivity contribution in [1.29, 1.82) is 0 Å². The van der Waals surface area contributed by atoms with E-state index in [0.717, 1.165) is 14.0 Å². The predicted octanol–water partition coefficient (Wildman–Crippen LogP) is 3.95. The van der Waals surface area contributed by atoms with E-state index < -0.39 is 5.97 Å². The van der Waals surface area contributed by atoms with Gasteiger partial charge in [0.1, 0.15) is 17.1 Å². The highest BCUT2D eigenvalue weighted by atomic mass is 79.9. The summed E-state index contributed by atoms with van der Waals surface area (Å²) in [7, 11) is 0. The van der Waals surface area contributed by atoms with Crippen molar-refractivity contribution in [3.8, 4) is 0 Å². The quantitative estimate of drug-likeness (QED) is 0.558. The van der Waals surface area contributed by atoms with E-state index in [1.807, 2.05) is 19.1 Å². The number of aryl methyl sites for hydroxylation is 1. The van der Waals surface area contributed by atoms with Gasteiger partial charge in [0, 0.05) is 16.2 Å². The average Bonchev–Trinajstić information content (AvgIpc) is 2.84. The first kappa shape index (κ1) is 16.4. The second-order valence-electron chi connectivity index (χ2n) is 4.75. The van der Waals surface area contributed by atoms with Crippen molar-refractivity contribution in [3.63, 3.8) is 0 Å². The maximum absolute atomic E-state index is 12.2.